The monoisotopic (exact) mass is 281 g/mol. The van der Waals surface area contributed by atoms with Crippen LogP contribution in [0, 0.1) is 18.8 Å². The van der Waals surface area contributed by atoms with E-state index in [4.69, 9.17) is 4.84 Å². The van der Waals surface area contributed by atoms with Crippen molar-refractivity contribution in [2.75, 3.05) is 14.2 Å². The second-order valence-corrected chi connectivity index (χ2v) is 7.04. The topological polar surface area (TPSA) is 29.5 Å². The Labute approximate surface area is 119 Å². The van der Waals surface area contributed by atoms with Gasteiger partial charge in [-0.2, -0.15) is 0 Å². The fourth-order valence-electron chi connectivity index (χ4n) is 3.37. The van der Waals surface area contributed by atoms with E-state index in [0.717, 1.165) is 11.3 Å². The molecule has 3 nitrogen and oxygen atoms in total. The summed E-state index contributed by atoms with van der Waals surface area (Å²) >= 11 is 1.62. The van der Waals surface area contributed by atoms with Gasteiger partial charge >= 0.3 is 0 Å². The average Bonchev–Trinajstić information content (AvgIpc) is 2.84. The molecule has 0 N–H and O–H groups in total. The second kappa shape index (κ2) is 5.25. The highest BCUT2D eigenvalue weighted by Crippen LogP contribution is 2.48. The number of carbonyl (C=O) groups excluding carboxylic acids is 1. The van der Waals surface area contributed by atoms with Crippen LogP contribution >= 0.6 is 11.3 Å². The first kappa shape index (κ1) is 14.5. The number of rotatable bonds is 3. The number of amides is 1. The van der Waals surface area contributed by atoms with Crippen molar-refractivity contribution in [2.24, 2.45) is 11.8 Å². The van der Waals surface area contributed by atoms with Crippen LogP contribution in [0.4, 0.5) is 0 Å². The minimum Gasteiger partial charge on any atom is -0.274 e. The molecule has 0 unspecified atom stereocenters. The highest BCUT2D eigenvalue weighted by atomic mass is 32.1. The first-order valence-corrected chi connectivity index (χ1v) is 7.64. The molecule has 0 spiro atoms. The van der Waals surface area contributed by atoms with Crippen LogP contribution in [-0.2, 0) is 11.3 Å². The maximum absolute atomic E-state index is 12.3. The van der Waals surface area contributed by atoms with E-state index in [-0.39, 0.29) is 5.91 Å². The van der Waals surface area contributed by atoms with Gasteiger partial charge in [-0.3, -0.25) is 9.63 Å². The van der Waals surface area contributed by atoms with Gasteiger partial charge in [0, 0.05) is 11.9 Å². The number of fused-ring (bicyclic) bond motifs is 1. The van der Waals surface area contributed by atoms with Gasteiger partial charge in [0.2, 0.25) is 0 Å². The number of hydroxylamine groups is 2. The predicted molar refractivity (Wildman–Crippen MR) is 78.6 cm³/mol. The SMILES string of the molecule is CON(C)C(=O)c1sc(C)c2c1C[C@@H](C)[C@H]2C(C)C. The van der Waals surface area contributed by atoms with Crippen molar-refractivity contribution in [3.63, 3.8) is 0 Å². The summed E-state index contributed by atoms with van der Waals surface area (Å²) in [5.74, 6) is 1.80. The van der Waals surface area contributed by atoms with Gasteiger partial charge in [0.15, 0.2) is 0 Å². The lowest BCUT2D eigenvalue weighted by Crippen LogP contribution is -2.25. The van der Waals surface area contributed by atoms with Crippen LogP contribution in [-0.4, -0.2) is 25.1 Å². The zero-order chi connectivity index (χ0) is 14.3. The molecule has 1 aliphatic carbocycles. The largest absolute Gasteiger partial charge is 0.287 e. The predicted octanol–water partition coefficient (Wildman–Crippen LogP) is 3.62. The van der Waals surface area contributed by atoms with Crippen molar-refractivity contribution < 1.29 is 9.63 Å². The molecule has 1 amide bonds. The molecule has 0 saturated carbocycles. The Morgan fingerprint density at radius 1 is 1.47 bits per heavy atom. The number of thiophene rings is 1. The summed E-state index contributed by atoms with van der Waals surface area (Å²) in [6.07, 6.45) is 1.02. The fraction of sp³-hybridized carbons (Fsp3) is 0.667. The molecule has 0 bridgehead atoms. The van der Waals surface area contributed by atoms with E-state index in [1.54, 1.807) is 18.4 Å². The van der Waals surface area contributed by atoms with Gasteiger partial charge in [-0.25, -0.2) is 5.06 Å². The third-order valence-corrected chi connectivity index (χ3v) is 5.33. The van der Waals surface area contributed by atoms with Gasteiger partial charge in [0.25, 0.3) is 5.91 Å². The molecule has 1 aromatic rings. The van der Waals surface area contributed by atoms with E-state index in [1.165, 1.54) is 28.2 Å². The molecule has 4 heteroatoms. The lowest BCUT2D eigenvalue weighted by Gasteiger charge is -2.21. The van der Waals surface area contributed by atoms with Crippen molar-refractivity contribution in [3.05, 3.63) is 20.9 Å². The van der Waals surface area contributed by atoms with E-state index in [9.17, 15) is 4.79 Å². The molecule has 19 heavy (non-hydrogen) atoms. The van der Waals surface area contributed by atoms with Crippen LogP contribution < -0.4 is 0 Å². The molecule has 2 atom stereocenters. The molecule has 1 heterocycles. The Kier molecular flexibility index (Phi) is 4.02. The van der Waals surface area contributed by atoms with Crippen molar-refractivity contribution in [3.8, 4) is 0 Å². The Morgan fingerprint density at radius 3 is 2.63 bits per heavy atom. The normalized spacial score (nSPS) is 21.8. The van der Waals surface area contributed by atoms with Crippen molar-refractivity contribution in [1.82, 2.24) is 5.06 Å². The Bertz CT molecular complexity index is 493. The van der Waals surface area contributed by atoms with E-state index >= 15 is 0 Å². The van der Waals surface area contributed by atoms with Gasteiger partial charge in [0.1, 0.15) is 0 Å². The van der Waals surface area contributed by atoms with Crippen LogP contribution in [0.1, 0.15) is 52.4 Å². The Balaban J connectivity index is 2.45. The number of carbonyl (C=O) groups is 1. The first-order chi connectivity index (χ1) is 8.88. The second-order valence-electron chi connectivity index (χ2n) is 5.82. The maximum atomic E-state index is 12.3. The number of nitrogens with zero attached hydrogens (tertiary/aromatic N) is 1. The van der Waals surface area contributed by atoms with Crippen molar-refractivity contribution in [1.29, 1.82) is 0 Å². The summed E-state index contributed by atoms with van der Waals surface area (Å²) in [7, 11) is 3.19. The quantitative estimate of drug-likeness (QED) is 0.792. The molecule has 1 aliphatic rings. The van der Waals surface area contributed by atoms with Crippen molar-refractivity contribution >= 4 is 17.2 Å². The summed E-state index contributed by atoms with van der Waals surface area (Å²) < 4.78 is 0. The molecule has 0 fully saturated rings. The summed E-state index contributed by atoms with van der Waals surface area (Å²) in [5, 5.41) is 1.32. The number of hydrogen-bond acceptors (Lipinski definition) is 3. The zero-order valence-corrected chi connectivity index (χ0v) is 13.4. The van der Waals surface area contributed by atoms with Crippen LogP contribution in [0.2, 0.25) is 0 Å². The van der Waals surface area contributed by atoms with E-state index in [2.05, 4.69) is 27.7 Å². The van der Waals surface area contributed by atoms with Gasteiger partial charge in [-0.1, -0.05) is 20.8 Å². The smallest absolute Gasteiger partial charge is 0.274 e. The van der Waals surface area contributed by atoms with E-state index < -0.39 is 0 Å². The van der Waals surface area contributed by atoms with E-state index in [1.807, 2.05) is 0 Å². The molecule has 106 valence electrons. The lowest BCUT2D eigenvalue weighted by atomic mass is 9.84. The third kappa shape index (κ3) is 2.32. The molecule has 0 aliphatic heterocycles. The molecule has 2 rings (SSSR count). The van der Waals surface area contributed by atoms with Gasteiger partial charge < -0.3 is 0 Å². The summed E-state index contributed by atoms with van der Waals surface area (Å²) in [6, 6.07) is 0. The van der Waals surface area contributed by atoms with Crippen LogP contribution in [0.15, 0.2) is 0 Å². The molecule has 0 saturated heterocycles. The number of hydrogen-bond donors (Lipinski definition) is 0. The summed E-state index contributed by atoms with van der Waals surface area (Å²) in [4.78, 5) is 19.5. The van der Waals surface area contributed by atoms with Gasteiger partial charge in [-0.05, 0) is 42.2 Å². The van der Waals surface area contributed by atoms with Crippen LogP contribution in [0.25, 0.3) is 0 Å². The molecule has 1 aromatic heterocycles. The molecular formula is C15H23NO2S. The average molecular weight is 281 g/mol. The molecular weight excluding hydrogens is 258 g/mol. The highest BCUT2D eigenvalue weighted by molar-refractivity contribution is 7.14. The first-order valence-electron chi connectivity index (χ1n) is 6.82. The minimum atomic E-state index is -0.0199. The zero-order valence-electron chi connectivity index (χ0n) is 12.6. The Hall–Kier alpha value is -0.870. The van der Waals surface area contributed by atoms with Crippen LogP contribution in [0.5, 0.6) is 0 Å². The third-order valence-electron chi connectivity index (χ3n) is 4.18. The summed E-state index contributed by atoms with van der Waals surface area (Å²) in [5.41, 5.74) is 2.70. The minimum absolute atomic E-state index is 0.0199. The molecule has 0 radical (unpaired) electrons. The van der Waals surface area contributed by atoms with E-state index in [0.29, 0.717) is 17.8 Å². The summed E-state index contributed by atoms with van der Waals surface area (Å²) in [6.45, 7) is 8.98. The lowest BCUT2D eigenvalue weighted by molar-refractivity contribution is -0.0754. The standard InChI is InChI=1S/C15H23NO2S/c1-8(2)12-9(3)7-11-13(12)10(4)19-14(11)15(17)16(5)18-6/h8-9,12H,7H2,1-6H3/t9-,12-/m1/s1. The van der Waals surface area contributed by atoms with Gasteiger partial charge in [0.05, 0.1) is 12.0 Å². The van der Waals surface area contributed by atoms with Crippen molar-refractivity contribution in [2.45, 2.75) is 40.0 Å². The Morgan fingerprint density at radius 2 is 2.11 bits per heavy atom. The maximum Gasteiger partial charge on any atom is 0.287 e. The highest BCUT2D eigenvalue weighted by Gasteiger charge is 2.38. The fourth-order valence-corrected chi connectivity index (χ4v) is 4.57. The van der Waals surface area contributed by atoms with Crippen LogP contribution in [0.3, 0.4) is 0 Å². The van der Waals surface area contributed by atoms with Gasteiger partial charge in [-0.15, -0.1) is 11.3 Å². The number of aryl methyl sites for hydroxylation is 1. The molecule has 0 aromatic carbocycles.